The molecule has 6 atom stereocenters. The monoisotopic (exact) mass is 900 g/mol. The van der Waals surface area contributed by atoms with Crippen LogP contribution in [0.3, 0.4) is 0 Å². The van der Waals surface area contributed by atoms with E-state index in [9.17, 15) is 9.59 Å². The third kappa shape index (κ3) is 6.92. The van der Waals surface area contributed by atoms with Gasteiger partial charge in [0.2, 0.25) is 11.8 Å². The minimum Gasteiger partial charge on any atom is -0.340 e. The lowest BCUT2D eigenvalue weighted by Gasteiger charge is -2.34. The Kier molecular flexibility index (Phi) is 10.7. The molecular weight excluding hydrogens is 843 g/mol. The molecule has 2 aromatic heterocycles. The lowest BCUT2D eigenvalue weighted by atomic mass is 9.92. The summed E-state index contributed by atoms with van der Waals surface area (Å²) in [5, 5.41) is 1.90. The highest BCUT2D eigenvalue weighted by Gasteiger charge is 2.80. The van der Waals surface area contributed by atoms with Gasteiger partial charge in [0.05, 0.1) is 46.8 Å². The molecule has 0 bridgehead atoms. The zero-order chi connectivity index (χ0) is 46.2. The van der Waals surface area contributed by atoms with Crippen molar-refractivity contribution < 1.29 is 18.4 Å². The van der Waals surface area contributed by atoms with Crippen molar-refractivity contribution in [1.82, 2.24) is 39.5 Å². The molecule has 67 heavy (non-hydrogen) atoms. The average molecular weight is 901 g/mol. The van der Waals surface area contributed by atoms with Crippen LogP contribution < -0.4 is 0 Å². The minimum absolute atomic E-state index is 0.0488. The number of fused-ring (bicyclic) bond motifs is 4. The first-order chi connectivity index (χ1) is 32.6. The molecule has 4 heterocycles. The summed E-state index contributed by atoms with van der Waals surface area (Å²) < 4.78 is 31.8. The van der Waals surface area contributed by atoms with E-state index in [-0.39, 0.29) is 36.4 Å². The molecule has 12 heteroatoms. The molecule has 10 nitrogen and oxygen atoms in total. The lowest BCUT2D eigenvalue weighted by Crippen LogP contribution is -2.49. The average Bonchev–Trinajstić information content (AvgIpc) is 3.94. The van der Waals surface area contributed by atoms with Crippen LogP contribution in [0.4, 0.5) is 8.78 Å². The molecule has 2 aliphatic carbocycles. The molecule has 7 aromatic rings. The summed E-state index contributed by atoms with van der Waals surface area (Å²) in [6.45, 7) is 11.6. The highest BCUT2D eigenvalue weighted by Crippen LogP contribution is 2.69. The molecule has 2 N–H and O–H groups in total. The van der Waals surface area contributed by atoms with Crippen molar-refractivity contribution in [2.75, 3.05) is 39.3 Å². The van der Waals surface area contributed by atoms with E-state index in [1.807, 2.05) is 83.9 Å². The molecule has 2 saturated carbocycles. The van der Waals surface area contributed by atoms with Gasteiger partial charge in [-0.2, -0.15) is 0 Å². The van der Waals surface area contributed by atoms with Crippen LogP contribution in [0.1, 0.15) is 88.2 Å². The van der Waals surface area contributed by atoms with Gasteiger partial charge in [-0.25, -0.2) is 18.7 Å². The number of rotatable bonds is 14. The number of aromatic nitrogens is 4. The second-order valence-corrected chi connectivity index (χ2v) is 19.1. The Balaban J connectivity index is 0.840. The van der Waals surface area contributed by atoms with Crippen molar-refractivity contribution in [3.05, 3.63) is 144 Å². The molecule has 11 rings (SSSR count). The Labute approximate surface area is 390 Å². The quantitative estimate of drug-likeness (QED) is 0.113. The maximum atomic E-state index is 15.9. The Morgan fingerprint density at radius 1 is 0.806 bits per heavy atom. The van der Waals surface area contributed by atoms with Crippen LogP contribution in [-0.4, -0.2) is 103 Å². The predicted octanol–water partition coefficient (Wildman–Crippen LogP) is 10.3. The van der Waals surface area contributed by atoms with Crippen LogP contribution in [0.15, 0.2) is 121 Å². The number of halogens is 2. The Bertz CT molecular complexity index is 2970. The number of piperidine rings is 1. The largest absolute Gasteiger partial charge is 0.340 e. The Morgan fingerprint density at radius 3 is 2.21 bits per heavy atom. The summed E-state index contributed by atoms with van der Waals surface area (Å²) >= 11 is 0. The van der Waals surface area contributed by atoms with Gasteiger partial charge >= 0.3 is 0 Å². The summed E-state index contributed by atoms with van der Waals surface area (Å²) in [5.41, 5.74) is 5.28. The zero-order valence-corrected chi connectivity index (χ0v) is 38.7. The Hall–Kier alpha value is -6.24. The number of imidazole rings is 2. The molecule has 4 fully saturated rings. The molecular formula is C55H58F2N8O2. The number of hydrogen-bond acceptors (Lipinski definition) is 6. The van der Waals surface area contributed by atoms with Crippen LogP contribution in [-0.2, 0) is 20.5 Å². The maximum absolute atomic E-state index is 15.9. The number of carbonyl (C=O) groups is 2. The number of aromatic amines is 2. The van der Waals surface area contributed by atoms with Crippen molar-refractivity contribution in [2.24, 2.45) is 5.92 Å². The number of nitrogens with one attached hydrogen (secondary N) is 2. The highest BCUT2D eigenvalue weighted by atomic mass is 19.3. The molecule has 5 aromatic carbocycles. The minimum atomic E-state index is -3.02. The third-order valence-corrected chi connectivity index (χ3v) is 15.8. The van der Waals surface area contributed by atoms with Crippen LogP contribution in [0, 0.1) is 5.92 Å². The molecule has 2 saturated heterocycles. The van der Waals surface area contributed by atoms with Crippen LogP contribution >= 0.6 is 0 Å². The number of likely N-dealkylation sites (tertiary alicyclic amines) is 2. The number of alkyl halides is 2. The van der Waals surface area contributed by atoms with Crippen molar-refractivity contribution in [3.8, 4) is 22.4 Å². The van der Waals surface area contributed by atoms with E-state index in [0.717, 1.165) is 94.6 Å². The van der Waals surface area contributed by atoms with Gasteiger partial charge < -0.3 is 19.8 Å². The van der Waals surface area contributed by atoms with Crippen molar-refractivity contribution in [2.45, 2.75) is 88.4 Å². The van der Waals surface area contributed by atoms with E-state index in [0.29, 0.717) is 24.3 Å². The van der Waals surface area contributed by atoms with Crippen LogP contribution in [0.25, 0.3) is 44.2 Å². The summed E-state index contributed by atoms with van der Waals surface area (Å²) in [5.74, 6) is -2.87. The topological polar surface area (TPSA) is 104 Å². The van der Waals surface area contributed by atoms with E-state index in [4.69, 9.17) is 9.97 Å². The second kappa shape index (κ2) is 16.5. The number of benzene rings is 5. The van der Waals surface area contributed by atoms with Crippen LogP contribution in [0.5, 0.6) is 0 Å². The normalized spacial score (nSPS) is 24.5. The summed E-state index contributed by atoms with van der Waals surface area (Å²) in [7, 11) is 0. The Morgan fingerprint density at radius 2 is 1.51 bits per heavy atom. The first-order valence-electron chi connectivity index (χ1n) is 24.2. The molecule has 2 aliphatic heterocycles. The SMILES string of the molecule is CCN(CC)C1CC1(C(=O)N1CC(F)(F)[C@H]2CC21c1nc2c(ccc3cc(-c4ccc(-c5cnc([C@@H]6CCCN6C(=O)[C@@H](c6ccccc6)N(CC)CC)[nH]5)cc4)ccc32)[nH]1)c1ccccc1. The van der Waals surface area contributed by atoms with Crippen molar-refractivity contribution in [1.29, 1.82) is 0 Å². The van der Waals surface area contributed by atoms with Gasteiger partial charge in [0.25, 0.3) is 5.92 Å². The van der Waals surface area contributed by atoms with Gasteiger partial charge in [0.1, 0.15) is 23.2 Å². The predicted molar refractivity (Wildman–Crippen MR) is 258 cm³/mol. The molecule has 4 aliphatic rings. The molecule has 344 valence electrons. The van der Waals surface area contributed by atoms with Crippen LogP contribution in [0.2, 0.25) is 0 Å². The molecule has 3 unspecified atom stereocenters. The van der Waals surface area contributed by atoms with E-state index in [1.54, 1.807) is 0 Å². The molecule has 2 amide bonds. The highest BCUT2D eigenvalue weighted by molar-refractivity contribution is 6.05. The number of carbonyl (C=O) groups excluding carboxylic acids is 2. The number of likely N-dealkylation sites (N-methyl/N-ethyl adjacent to an activating group) is 2. The first kappa shape index (κ1) is 43.3. The van der Waals surface area contributed by atoms with Crippen molar-refractivity contribution in [3.63, 3.8) is 0 Å². The van der Waals surface area contributed by atoms with Gasteiger partial charge in [-0.05, 0) is 97.2 Å². The third-order valence-electron chi connectivity index (χ3n) is 15.8. The van der Waals surface area contributed by atoms with Gasteiger partial charge in [-0.15, -0.1) is 0 Å². The second-order valence-electron chi connectivity index (χ2n) is 19.1. The smallest absolute Gasteiger partial charge is 0.270 e. The van der Waals surface area contributed by atoms with E-state index in [2.05, 4.69) is 89.9 Å². The zero-order valence-electron chi connectivity index (χ0n) is 38.7. The maximum Gasteiger partial charge on any atom is 0.270 e. The fourth-order valence-corrected chi connectivity index (χ4v) is 12.0. The fourth-order valence-electron chi connectivity index (χ4n) is 12.0. The summed E-state index contributed by atoms with van der Waals surface area (Å²) in [6.07, 6.45) is 4.43. The number of amides is 2. The van der Waals surface area contributed by atoms with E-state index >= 15 is 8.78 Å². The molecule has 0 spiro atoms. The van der Waals surface area contributed by atoms with Gasteiger partial charge in [-0.1, -0.05) is 131 Å². The van der Waals surface area contributed by atoms with Crippen molar-refractivity contribution >= 4 is 33.6 Å². The number of H-pyrrole nitrogens is 2. The summed E-state index contributed by atoms with van der Waals surface area (Å²) in [4.78, 5) is 54.3. The van der Waals surface area contributed by atoms with E-state index in [1.165, 1.54) is 4.90 Å². The van der Waals surface area contributed by atoms with Gasteiger partial charge in [0.15, 0.2) is 0 Å². The lowest BCUT2D eigenvalue weighted by molar-refractivity contribution is -0.139. The standard InChI is InChI=1S/C55H58F2N8O2/c1-5-62(6-2)46-32-53(46,40-18-13-10-14-19-40)52(67)65-34-55(56,57)45-31-54(45,65)51-60-42-28-26-39-30-38(25-27-41(39)47(42)61-51)35-21-23-36(24-22-35)43-33-58-49(59-43)44-20-15-29-64(44)50(66)48(63(7-3)8-4)37-16-11-9-12-17-37/h9-14,16-19,21-28,30,33,44-46,48H,5-8,15,20,29,31-32,34H2,1-4H3,(H,58,59)(H,60,61)/t44-,45-,46?,48+,53?,54?/m0/s1. The number of nitrogens with zero attached hydrogens (tertiary/aromatic N) is 6. The molecule has 0 radical (unpaired) electrons. The fraction of sp³-hybridized carbons (Fsp3) is 0.382. The van der Waals surface area contributed by atoms with E-state index < -0.39 is 29.3 Å². The first-order valence-corrected chi connectivity index (χ1v) is 24.2. The van der Waals surface area contributed by atoms with Gasteiger partial charge in [-0.3, -0.25) is 19.4 Å². The van der Waals surface area contributed by atoms with Gasteiger partial charge in [0, 0.05) is 18.0 Å². The summed E-state index contributed by atoms with van der Waals surface area (Å²) in [6, 6.07) is 38.0. The number of hydrogen-bond donors (Lipinski definition) is 2.